The molecule has 12 heteroatoms. The number of halogens is 5. The van der Waals surface area contributed by atoms with Crippen molar-refractivity contribution < 1.29 is 42.4 Å². The van der Waals surface area contributed by atoms with Gasteiger partial charge in [-0.2, -0.15) is 17.6 Å². The third-order valence-electron chi connectivity index (χ3n) is 5.78. The molecule has 2 amide bonds. The van der Waals surface area contributed by atoms with E-state index in [0.717, 1.165) is 39.3 Å². The molecule has 3 rings (SSSR count). The van der Waals surface area contributed by atoms with Crippen LogP contribution in [-0.4, -0.2) is 41.8 Å². The number of amides is 2. The van der Waals surface area contributed by atoms with Gasteiger partial charge < -0.3 is 20.5 Å². The van der Waals surface area contributed by atoms with Crippen LogP contribution >= 0.6 is 0 Å². The number of anilines is 1. The molecule has 1 aliphatic heterocycles. The van der Waals surface area contributed by atoms with Crippen molar-refractivity contribution in [2.75, 3.05) is 12.4 Å². The molecule has 1 fully saturated rings. The Labute approximate surface area is 186 Å². The average Bonchev–Trinajstić information content (AvgIpc) is 3.04. The second-order valence-electron chi connectivity index (χ2n) is 7.65. The molecular formula is C21H20F5N3O4. The summed E-state index contributed by atoms with van der Waals surface area (Å²) in [6.45, 7) is 1.89. The standard InChI is InChI=1S/C21H20F5N3O4/c1-9-14(11-4-5-12(22)15(23)16(11)32-3)17(33-20(9,2)21(24,25)26)19(31)29-10-6-7-28-13(8-10)18(27)30/h4-9,14,17H,1-3H3,(H2,27,30)(H,28,29,31)/t9-,14+,17+,20+/m1/s1/i5D. The Hall–Kier alpha value is -3.28. The summed E-state index contributed by atoms with van der Waals surface area (Å²) >= 11 is 0. The van der Waals surface area contributed by atoms with E-state index in [1.807, 2.05) is 0 Å². The highest BCUT2D eigenvalue weighted by molar-refractivity contribution is 5.97. The molecule has 0 unspecified atom stereocenters. The van der Waals surface area contributed by atoms with Crippen molar-refractivity contribution in [1.82, 2.24) is 4.98 Å². The van der Waals surface area contributed by atoms with E-state index >= 15 is 0 Å². The van der Waals surface area contributed by atoms with E-state index in [-0.39, 0.29) is 16.9 Å². The number of primary amides is 1. The number of nitrogens with two attached hydrogens (primary N) is 1. The fourth-order valence-corrected chi connectivity index (χ4v) is 3.83. The quantitative estimate of drug-likeness (QED) is 0.646. The predicted molar refractivity (Wildman–Crippen MR) is 106 cm³/mol. The molecule has 1 aromatic heterocycles. The van der Waals surface area contributed by atoms with Gasteiger partial charge in [0.05, 0.1) is 8.48 Å². The highest BCUT2D eigenvalue weighted by atomic mass is 19.4. The lowest BCUT2D eigenvalue weighted by Crippen LogP contribution is -2.47. The summed E-state index contributed by atoms with van der Waals surface area (Å²) < 4.78 is 88.2. The van der Waals surface area contributed by atoms with Gasteiger partial charge in [0.1, 0.15) is 11.8 Å². The van der Waals surface area contributed by atoms with Crippen molar-refractivity contribution in [2.24, 2.45) is 11.7 Å². The van der Waals surface area contributed by atoms with Gasteiger partial charge in [0, 0.05) is 29.3 Å². The zero-order valence-corrected chi connectivity index (χ0v) is 17.6. The summed E-state index contributed by atoms with van der Waals surface area (Å²) in [5, 5.41) is 2.33. The number of pyridine rings is 1. The van der Waals surface area contributed by atoms with E-state index < -0.39 is 65.0 Å². The lowest BCUT2D eigenvalue weighted by atomic mass is 9.77. The van der Waals surface area contributed by atoms with E-state index in [1.54, 1.807) is 0 Å². The maximum absolute atomic E-state index is 14.5. The fourth-order valence-electron chi connectivity index (χ4n) is 3.83. The maximum atomic E-state index is 14.5. The van der Waals surface area contributed by atoms with Crippen molar-refractivity contribution >= 4 is 17.5 Å². The van der Waals surface area contributed by atoms with Crippen LogP contribution < -0.4 is 15.8 Å². The first-order valence-electron chi connectivity index (χ1n) is 10.1. The van der Waals surface area contributed by atoms with Gasteiger partial charge in [-0.25, -0.2) is 4.39 Å². The number of hydrogen-bond acceptors (Lipinski definition) is 5. The van der Waals surface area contributed by atoms with Crippen LogP contribution in [0.2, 0.25) is 0 Å². The van der Waals surface area contributed by atoms with E-state index in [9.17, 15) is 31.5 Å². The molecule has 1 saturated heterocycles. The molecular weight excluding hydrogens is 453 g/mol. The van der Waals surface area contributed by atoms with Crippen molar-refractivity contribution in [3.63, 3.8) is 0 Å². The number of nitrogens with zero attached hydrogens (tertiary/aromatic N) is 1. The monoisotopic (exact) mass is 474 g/mol. The van der Waals surface area contributed by atoms with Crippen LogP contribution in [0.15, 0.2) is 30.4 Å². The van der Waals surface area contributed by atoms with E-state index in [2.05, 4.69) is 10.3 Å². The Morgan fingerprint density at radius 3 is 2.58 bits per heavy atom. The van der Waals surface area contributed by atoms with Crippen LogP contribution in [0, 0.1) is 17.6 Å². The van der Waals surface area contributed by atoms with Crippen LogP contribution in [0.25, 0.3) is 0 Å². The second kappa shape index (κ2) is 8.58. The largest absolute Gasteiger partial charge is 0.493 e. The Kier molecular flexibility index (Phi) is 5.95. The number of methoxy groups -OCH3 is 1. The highest BCUT2D eigenvalue weighted by Crippen LogP contribution is 2.55. The molecule has 33 heavy (non-hydrogen) atoms. The van der Waals surface area contributed by atoms with Crippen LogP contribution in [0.5, 0.6) is 5.75 Å². The van der Waals surface area contributed by atoms with Gasteiger partial charge in [0.2, 0.25) is 5.82 Å². The molecule has 0 bridgehead atoms. The third-order valence-corrected chi connectivity index (χ3v) is 5.78. The number of carbonyl (C=O) groups is 2. The number of ether oxygens (including phenoxy) is 2. The van der Waals surface area contributed by atoms with Gasteiger partial charge in [-0.1, -0.05) is 13.0 Å². The molecule has 0 saturated carbocycles. The summed E-state index contributed by atoms with van der Waals surface area (Å²) in [5.74, 6) is -8.81. The number of rotatable bonds is 5. The van der Waals surface area contributed by atoms with Crippen LogP contribution in [0.1, 0.15) is 37.2 Å². The Morgan fingerprint density at radius 2 is 2.00 bits per heavy atom. The second-order valence-corrected chi connectivity index (χ2v) is 7.65. The van der Waals surface area contributed by atoms with Crippen molar-refractivity contribution in [1.29, 1.82) is 0 Å². The van der Waals surface area contributed by atoms with Gasteiger partial charge in [-0.3, -0.25) is 14.6 Å². The van der Waals surface area contributed by atoms with Gasteiger partial charge in [-0.15, -0.1) is 0 Å². The smallest absolute Gasteiger partial charge is 0.417 e. The minimum absolute atomic E-state index is 0.0113. The van der Waals surface area contributed by atoms with E-state index in [4.69, 9.17) is 16.6 Å². The molecule has 0 radical (unpaired) electrons. The fraction of sp³-hybridized carbons (Fsp3) is 0.381. The zero-order chi connectivity index (χ0) is 25.6. The van der Waals surface area contributed by atoms with Crippen molar-refractivity contribution in [2.45, 2.75) is 37.6 Å². The number of alkyl halides is 3. The summed E-state index contributed by atoms with van der Waals surface area (Å²) in [6, 6.07) is 2.25. The molecule has 178 valence electrons. The number of hydrogen-bond donors (Lipinski definition) is 2. The molecule has 0 spiro atoms. The minimum atomic E-state index is -4.94. The Morgan fingerprint density at radius 1 is 1.33 bits per heavy atom. The first-order valence-corrected chi connectivity index (χ1v) is 9.56. The summed E-state index contributed by atoms with van der Waals surface area (Å²) in [4.78, 5) is 28.1. The maximum Gasteiger partial charge on any atom is 0.417 e. The topological polar surface area (TPSA) is 104 Å². The van der Waals surface area contributed by atoms with Crippen LogP contribution in [0.4, 0.5) is 27.6 Å². The molecule has 4 atom stereocenters. The van der Waals surface area contributed by atoms with Gasteiger partial charge in [-0.05, 0) is 25.1 Å². The zero-order valence-electron chi connectivity index (χ0n) is 18.6. The van der Waals surface area contributed by atoms with Crippen LogP contribution in [0.3, 0.4) is 0 Å². The number of benzene rings is 1. The predicted octanol–water partition coefficient (Wildman–Crippen LogP) is 3.55. The minimum Gasteiger partial charge on any atom is -0.493 e. The van der Waals surface area contributed by atoms with E-state index in [0.29, 0.717) is 0 Å². The molecule has 1 aromatic carbocycles. The van der Waals surface area contributed by atoms with E-state index in [1.165, 1.54) is 6.07 Å². The summed E-state index contributed by atoms with van der Waals surface area (Å²) in [5.41, 5.74) is 1.74. The van der Waals surface area contributed by atoms with Gasteiger partial charge >= 0.3 is 6.18 Å². The summed E-state index contributed by atoms with van der Waals surface area (Å²) in [6.07, 6.45) is -5.65. The number of nitrogens with one attached hydrogen (secondary N) is 1. The Bertz CT molecular complexity index is 1150. The average molecular weight is 474 g/mol. The molecule has 2 heterocycles. The molecule has 3 N–H and O–H groups in total. The number of carbonyl (C=O) groups excluding carboxylic acids is 2. The van der Waals surface area contributed by atoms with Gasteiger partial charge in [0.15, 0.2) is 17.2 Å². The Balaban J connectivity index is 2.12. The first-order chi connectivity index (χ1) is 15.7. The van der Waals surface area contributed by atoms with Crippen molar-refractivity contribution in [3.05, 3.63) is 53.3 Å². The SMILES string of the molecule is [2H]c1cc([C@H]2[C@@H](C(=O)Nc3ccnc(C(N)=O)c3)O[C@](C)(C(F)(F)F)[C@@H]2C)c(OC)c(F)c1F. The molecule has 7 nitrogen and oxygen atoms in total. The molecule has 2 aromatic rings. The normalized spacial score (nSPS) is 25.5. The molecule has 1 aliphatic rings. The molecule has 0 aliphatic carbocycles. The van der Waals surface area contributed by atoms with Gasteiger partial charge in [0.25, 0.3) is 11.8 Å². The number of aromatic nitrogens is 1. The first kappa shape index (κ1) is 22.9. The third kappa shape index (κ3) is 4.22. The summed E-state index contributed by atoms with van der Waals surface area (Å²) in [7, 11) is 0.978. The lowest BCUT2D eigenvalue weighted by molar-refractivity contribution is -0.272. The lowest BCUT2D eigenvalue weighted by Gasteiger charge is -2.32. The highest BCUT2D eigenvalue weighted by Gasteiger charge is 2.65. The van der Waals surface area contributed by atoms with Crippen LogP contribution in [-0.2, 0) is 9.53 Å². The van der Waals surface area contributed by atoms with Crippen molar-refractivity contribution in [3.8, 4) is 5.75 Å².